The van der Waals surface area contributed by atoms with E-state index in [1.807, 2.05) is 12.1 Å². The van der Waals surface area contributed by atoms with E-state index in [0.717, 1.165) is 37.7 Å². The van der Waals surface area contributed by atoms with Crippen LogP contribution in [0, 0.1) is 0 Å². The van der Waals surface area contributed by atoms with Gasteiger partial charge >= 0.3 is 0 Å². The number of aliphatic imine (C=N–C) groups is 1. The number of guanidine groups is 1. The van der Waals surface area contributed by atoms with E-state index in [-0.39, 0.29) is 24.0 Å². The number of nitrogens with zero attached hydrogens (tertiary/aromatic N) is 1. The quantitative estimate of drug-likeness (QED) is 0.414. The number of ether oxygens (including phenoxy) is 1. The van der Waals surface area contributed by atoms with Crippen LogP contribution in [-0.2, 0) is 6.54 Å². The van der Waals surface area contributed by atoms with Gasteiger partial charge in [-0.15, -0.1) is 24.0 Å². The van der Waals surface area contributed by atoms with E-state index >= 15 is 0 Å². The van der Waals surface area contributed by atoms with E-state index in [1.54, 1.807) is 7.05 Å². The van der Waals surface area contributed by atoms with E-state index in [1.165, 1.54) is 5.56 Å². The van der Waals surface area contributed by atoms with Crippen LogP contribution in [0.3, 0.4) is 0 Å². The normalized spacial score (nSPS) is 12.3. The molecule has 120 valence electrons. The van der Waals surface area contributed by atoms with Crippen molar-refractivity contribution in [2.45, 2.75) is 46.2 Å². The van der Waals surface area contributed by atoms with Crippen LogP contribution >= 0.6 is 24.0 Å². The Morgan fingerprint density at radius 3 is 2.71 bits per heavy atom. The summed E-state index contributed by atoms with van der Waals surface area (Å²) in [5, 5.41) is 6.66. The van der Waals surface area contributed by atoms with Crippen molar-refractivity contribution in [3.63, 3.8) is 0 Å². The Morgan fingerprint density at radius 2 is 2.10 bits per heavy atom. The molecule has 0 radical (unpaired) electrons. The monoisotopic (exact) mass is 405 g/mol. The van der Waals surface area contributed by atoms with Crippen molar-refractivity contribution in [2.24, 2.45) is 4.99 Å². The highest BCUT2D eigenvalue weighted by Gasteiger charge is 2.03. The maximum Gasteiger partial charge on any atom is 0.191 e. The van der Waals surface area contributed by atoms with E-state index in [2.05, 4.69) is 48.5 Å². The summed E-state index contributed by atoms with van der Waals surface area (Å²) in [5.41, 5.74) is 1.19. The minimum Gasteiger partial charge on any atom is -0.494 e. The average Bonchev–Trinajstić information content (AvgIpc) is 2.49. The van der Waals surface area contributed by atoms with Crippen molar-refractivity contribution in [1.82, 2.24) is 10.6 Å². The summed E-state index contributed by atoms with van der Waals surface area (Å²) in [7, 11) is 1.79. The highest BCUT2D eigenvalue weighted by molar-refractivity contribution is 14.0. The van der Waals surface area contributed by atoms with Gasteiger partial charge in [-0.3, -0.25) is 4.99 Å². The van der Waals surface area contributed by atoms with E-state index in [9.17, 15) is 0 Å². The van der Waals surface area contributed by atoms with Crippen molar-refractivity contribution in [1.29, 1.82) is 0 Å². The number of benzene rings is 1. The molecule has 0 aromatic heterocycles. The largest absolute Gasteiger partial charge is 0.494 e. The van der Waals surface area contributed by atoms with Gasteiger partial charge in [0.15, 0.2) is 5.96 Å². The van der Waals surface area contributed by atoms with Crippen molar-refractivity contribution < 1.29 is 4.74 Å². The second-order valence-electron chi connectivity index (χ2n) is 4.88. The first-order valence-electron chi connectivity index (χ1n) is 7.38. The summed E-state index contributed by atoms with van der Waals surface area (Å²) in [6.07, 6.45) is 2.09. The van der Waals surface area contributed by atoms with Gasteiger partial charge in [0.05, 0.1) is 6.61 Å². The molecule has 21 heavy (non-hydrogen) atoms. The number of halogens is 1. The van der Waals surface area contributed by atoms with Gasteiger partial charge < -0.3 is 15.4 Å². The van der Waals surface area contributed by atoms with Crippen LogP contribution in [0.5, 0.6) is 5.75 Å². The molecular formula is C16H28IN3O. The lowest BCUT2D eigenvalue weighted by Gasteiger charge is -2.16. The minimum atomic E-state index is 0. The van der Waals surface area contributed by atoms with Crippen LogP contribution in [0.4, 0.5) is 0 Å². The Morgan fingerprint density at radius 1 is 1.33 bits per heavy atom. The molecule has 0 fully saturated rings. The third-order valence-electron chi connectivity index (χ3n) is 3.05. The Labute approximate surface area is 145 Å². The summed E-state index contributed by atoms with van der Waals surface area (Å²) in [4.78, 5) is 4.23. The molecule has 4 nitrogen and oxygen atoms in total. The van der Waals surface area contributed by atoms with E-state index in [4.69, 9.17) is 4.74 Å². The molecule has 0 bridgehead atoms. The van der Waals surface area contributed by atoms with Crippen molar-refractivity contribution in [3.8, 4) is 5.75 Å². The smallest absolute Gasteiger partial charge is 0.191 e. The summed E-state index contributed by atoms with van der Waals surface area (Å²) in [6, 6.07) is 8.58. The topological polar surface area (TPSA) is 45.6 Å². The second-order valence-corrected chi connectivity index (χ2v) is 4.88. The molecule has 1 atom stereocenters. The van der Waals surface area contributed by atoms with E-state index in [0.29, 0.717) is 6.04 Å². The number of nitrogens with one attached hydrogen (secondary N) is 2. The van der Waals surface area contributed by atoms with Crippen LogP contribution in [0.15, 0.2) is 29.3 Å². The Bertz CT molecular complexity index is 424. The van der Waals surface area contributed by atoms with Gasteiger partial charge in [0.1, 0.15) is 5.75 Å². The first kappa shape index (κ1) is 20.0. The minimum absolute atomic E-state index is 0. The van der Waals surface area contributed by atoms with Crippen LogP contribution in [0.25, 0.3) is 0 Å². The van der Waals surface area contributed by atoms with Crippen LogP contribution in [0.1, 0.15) is 39.2 Å². The van der Waals surface area contributed by atoms with Gasteiger partial charge in [0.2, 0.25) is 0 Å². The molecule has 5 heteroatoms. The molecule has 0 heterocycles. The third kappa shape index (κ3) is 8.14. The fourth-order valence-electron chi connectivity index (χ4n) is 1.68. The molecule has 2 N–H and O–H groups in total. The Balaban J connectivity index is 0.00000400. The maximum absolute atomic E-state index is 5.64. The number of hydrogen-bond donors (Lipinski definition) is 2. The zero-order chi connectivity index (χ0) is 14.8. The zero-order valence-electron chi connectivity index (χ0n) is 13.5. The molecular weight excluding hydrogens is 377 g/mol. The van der Waals surface area contributed by atoms with Gasteiger partial charge in [-0.05, 0) is 37.5 Å². The lowest BCUT2D eigenvalue weighted by molar-refractivity contribution is 0.317. The highest BCUT2D eigenvalue weighted by Crippen LogP contribution is 2.13. The van der Waals surface area contributed by atoms with Gasteiger partial charge in [0, 0.05) is 19.6 Å². The van der Waals surface area contributed by atoms with Gasteiger partial charge in [0.25, 0.3) is 0 Å². The van der Waals surface area contributed by atoms with Crippen molar-refractivity contribution >= 4 is 29.9 Å². The van der Waals surface area contributed by atoms with Gasteiger partial charge in [-0.2, -0.15) is 0 Å². The molecule has 0 saturated heterocycles. The molecule has 0 aliphatic carbocycles. The Kier molecular flexibility index (Phi) is 11.1. The molecule has 0 aliphatic heterocycles. The molecule has 0 amide bonds. The number of rotatable bonds is 7. The van der Waals surface area contributed by atoms with Gasteiger partial charge in [-0.1, -0.05) is 26.0 Å². The molecule has 0 spiro atoms. The van der Waals surface area contributed by atoms with Crippen LogP contribution in [-0.4, -0.2) is 25.7 Å². The highest BCUT2D eigenvalue weighted by atomic mass is 127. The predicted octanol–water partition coefficient (Wildman–Crippen LogP) is 3.56. The molecule has 1 aromatic rings. The van der Waals surface area contributed by atoms with Crippen molar-refractivity contribution in [2.75, 3.05) is 13.7 Å². The fraction of sp³-hybridized carbons (Fsp3) is 0.562. The molecule has 0 saturated carbocycles. The summed E-state index contributed by atoms with van der Waals surface area (Å²) in [6.45, 7) is 7.90. The summed E-state index contributed by atoms with van der Waals surface area (Å²) < 4.78 is 5.64. The first-order valence-corrected chi connectivity index (χ1v) is 7.38. The maximum atomic E-state index is 5.64. The molecule has 1 unspecified atom stereocenters. The van der Waals surface area contributed by atoms with E-state index < -0.39 is 0 Å². The van der Waals surface area contributed by atoms with Gasteiger partial charge in [-0.25, -0.2) is 0 Å². The summed E-state index contributed by atoms with van der Waals surface area (Å²) >= 11 is 0. The predicted molar refractivity (Wildman–Crippen MR) is 101 cm³/mol. The third-order valence-corrected chi connectivity index (χ3v) is 3.05. The average molecular weight is 405 g/mol. The SMILES string of the molecule is CCCOc1cccc(CNC(=NC)NC(C)CC)c1.I. The molecule has 0 aliphatic rings. The molecule has 1 rings (SSSR count). The lowest BCUT2D eigenvalue weighted by Crippen LogP contribution is -2.41. The fourth-order valence-corrected chi connectivity index (χ4v) is 1.68. The molecule has 1 aromatic carbocycles. The van der Waals surface area contributed by atoms with Crippen molar-refractivity contribution in [3.05, 3.63) is 29.8 Å². The Hall–Kier alpha value is -0.980. The zero-order valence-corrected chi connectivity index (χ0v) is 15.8. The summed E-state index contributed by atoms with van der Waals surface area (Å²) in [5.74, 6) is 1.76. The first-order chi connectivity index (χ1) is 9.69. The second kappa shape index (κ2) is 11.7. The standard InChI is InChI=1S/C16H27N3O.HI/c1-5-10-20-15-9-7-8-14(11-15)12-18-16(17-4)19-13(3)6-2;/h7-9,11,13H,5-6,10,12H2,1-4H3,(H2,17,18,19);1H. The lowest BCUT2D eigenvalue weighted by atomic mass is 10.2. The number of hydrogen-bond acceptors (Lipinski definition) is 2. The van der Waals surface area contributed by atoms with Crippen LogP contribution < -0.4 is 15.4 Å². The van der Waals surface area contributed by atoms with Crippen LogP contribution in [0.2, 0.25) is 0 Å².